The van der Waals surface area contributed by atoms with E-state index in [2.05, 4.69) is 36.4 Å². The maximum Gasteiger partial charge on any atom is 0.412 e. The van der Waals surface area contributed by atoms with E-state index in [0.717, 1.165) is 5.69 Å². The molecule has 10 heteroatoms. The van der Waals surface area contributed by atoms with Gasteiger partial charge in [0.05, 0.1) is 25.5 Å². The van der Waals surface area contributed by atoms with Gasteiger partial charge in [0.1, 0.15) is 18.4 Å². The number of hydrogen-bond acceptors (Lipinski definition) is 7. The van der Waals surface area contributed by atoms with Gasteiger partial charge in [-0.3, -0.25) is 30.0 Å². The van der Waals surface area contributed by atoms with Gasteiger partial charge in [-0.15, -0.1) is 0 Å². The number of carbonyl (C=O) groups is 4. The number of fused-ring (bicyclic) bond motifs is 1. The van der Waals surface area contributed by atoms with Crippen LogP contribution in [0, 0.1) is 0 Å². The topological polar surface area (TPSA) is 127 Å². The van der Waals surface area contributed by atoms with Crippen molar-refractivity contribution >= 4 is 29.5 Å². The highest BCUT2D eigenvalue weighted by Gasteiger charge is 2.40. The first-order chi connectivity index (χ1) is 16.6. The van der Waals surface area contributed by atoms with Crippen molar-refractivity contribution in [3.05, 3.63) is 52.8 Å². The minimum Gasteiger partial charge on any atom is -0.496 e. The van der Waals surface area contributed by atoms with Gasteiger partial charge in [-0.1, -0.05) is 20.8 Å². The van der Waals surface area contributed by atoms with Crippen LogP contribution in [0.2, 0.25) is 0 Å². The Kier molecular flexibility index (Phi) is 6.47. The third-order valence-corrected chi connectivity index (χ3v) is 6.04. The molecule has 1 unspecified atom stereocenters. The zero-order valence-corrected chi connectivity index (χ0v) is 20.1. The number of piperidine rings is 1. The number of hydrogen-bond donors (Lipinski definition) is 2. The Morgan fingerprint density at radius 2 is 2.00 bits per heavy atom. The molecule has 0 bridgehead atoms. The first-order valence-electron chi connectivity index (χ1n) is 11.3. The lowest BCUT2D eigenvalue weighted by Gasteiger charge is -2.29. The molecule has 2 N–H and O–H groups in total. The number of aromatic nitrogens is 1. The molecule has 2 aromatic rings. The molecule has 1 saturated heterocycles. The molecule has 1 atom stereocenters. The van der Waals surface area contributed by atoms with Gasteiger partial charge in [0.25, 0.3) is 5.91 Å². The largest absolute Gasteiger partial charge is 0.496 e. The van der Waals surface area contributed by atoms with E-state index < -0.39 is 18.0 Å². The lowest BCUT2D eigenvalue weighted by atomic mass is 9.92. The molecule has 2 aliphatic heterocycles. The summed E-state index contributed by atoms with van der Waals surface area (Å²) in [7, 11) is 1.49. The summed E-state index contributed by atoms with van der Waals surface area (Å²) in [6.45, 7) is 6.26. The number of methoxy groups -OCH3 is 1. The molecule has 0 spiro atoms. The minimum absolute atomic E-state index is 0.0886. The molecule has 1 fully saturated rings. The molecular formula is C25H28N4O6. The minimum atomic E-state index is -0.721. The van der Waals surface area contributed by atoms with Gasteiger partial charge < -0.3 is 14.4 Å². The average molecular weight is 481 g/mol. The number of carbonyl (C=O) groups excluding carboxylic acids is 4. The number of rotatable bonds is 5. The highest BCUT2D eigenvalue weighted by Crippen LogP contribution is 2.35. The number of amides is 4. The van der Waals surface area contributed by atoms with Crippen LogP contribution in [0.3, 0.4) is 0 Å². The zero-order valence-electron chi connectivity index (χ0n) is 20.1. The van der Waals surface area contributed by atoms with Crippen LogP contribution in [0.1, 0.15) is 60.8 Å². The first-order valence-corrected chi connectivity index (χ1v) is 11.3. The van der Waals surface area contributed by atoms with E-state index in [-0.39, 0.29) is 43.2 Å². The van der Waals surface area contributed by atoms with Crippen LogP contribution in [0.4, 0.5) is 10.5 Å². The fourth-order valence-electron chi connectivity index (χ4n) is 4.16. The van der Waals surface area contributed by atoms with Crippen molar-refractivity contribution in [3.8, 4) is 5.75 Å². The molecule has 10 nitrogen and oxygen atoms in total. The van der Waals surface area contributed by atoms with E-state index in [1.54, 1.807) is 24.4 Å². The SMILES string of the molecule is COc1cc(COC(=O)Nc2ccc(C(C)(C)C)nc2)cc2c1CN(C1CCC(=O)NC1=O)C2=O. The quantitative estimate of drug-likeness (QED) is 0.630. The summed E-state index contributed by atoms with van der Waals surface area (Å²) in [6, 6.07) is 6.23. The third-order valence-electron chi connectivity index (χ3n) is 6.04. The number of imide groups is 1. The lowest BCUT2D eigenvalue weighted by molar-refractivity contribution is -0.136. The fourth-order valence-corrected chi connectivity index (χ4v) is 4.16. The molecular weight excluding hydrogens is 452 g/mol. The lowest BCUT2D eigenvalue weighted by Crippen LogP contribution is -2.52. The predicted octanol–water partition coefficient (Wildman–Crippen LogP) is 2.90. The summed E-state index contributed by atoms with van der Waals surface area (Å²) >= 11 is 0. The summed E-state index contributed by atoms with van der Waals surface area (Å²) in [6.07, 6.45) is 1.36. The summed E-state index contributed by atoms with van der Waals surface area (Å²) in [5.41, 5.74) is 2.91. The molecule has 0 aliphatic carbocycles. The summed E-state index contributed by atoms with van der Waals surface area (Å²) in [5, 5.41) is 4.92. The van der Waals surface area contributed by atoms with Gasteiger partial charge in [0, 0.05) is 28.7 Å². The van der Waals surface area contributed by atoms with Crippen LogP contribution in [0.15, 0.2) is 30.5 Å². The Labute approximate surface area is 203 Å². The van der Waals surface area contributed by atoms with Gasteiger partial charge in [0.15, 0.2) is 0 Å². The van der Waals surface area contributed by atoms with Gasteiger partial charge in [-0.25, -0.2) is 4.79 Å². The maximum absolute atomic E-state index is 13.1. The Bertz CT molecular complexity index is 1190. The molecule has 4 rings (SSSR count). The second-order valence-electron chi connectivity index (χ2n) is 9.61. The van der Waals surface area contributed by atoms with Crippen molar-refractivity contribution in [1.82, 2.24) is 15.2 Å². The third kappa shape index (κ3) is 5.11. The van der Waals surface area contributed by atoms with Gasteiger partial charge in [-0.05, 0) is 36.2 Å². The Morgan fingerprint density at radius 3 is 2.63 bits per heavy atom. The summed E-state index contributed by atoms with van der Waals surface area (Å²) < 4.78 is 10.8. The van der Waals surface area contributed by atoms with E-state index in [1.807, 2.05) is 6.07 Å². The van der Waals surface area contributed by atoms with Crippen molar-refractivity contribution in [2.45, 2.75) is 58.2 Å². The fraction of sp³-hybridized carbons (Fsp3) is 0.400. The molecule has 4 amide bonds. The number of pyridine rings is 1. The Morgan fingerprint density at radius 1 is 1.23 bits per heavy atom. The highest BCUT2D eigenvalue weighted by molar-refractivity contribution is 6.05. The van der Waals surface area contributed by atoms with Crippen LogP contribution >= 0.6 is 0 Å². The van der Waals surface area contributed by atoms with Crippen molar-refractivity contribution < 1.29 is 28.7 Å². The van der Waals surface area contributed by atoms with E-state index in [1.165, 1.54) is 12.0 Å². The molecule has 35 heavy (non-hydrogen) atoms. The number of nitrogens with one attached hydrogen (secondary N) is 2. The van der Waals surface area contributed by atoms with Crippen molar-refractivity contribution in [2.24, 2.45) is 0 Å². The van der Waals surface area contributed by atoms with Crippen molar-refractivity contribution in [2.75, 3.05) is 12.4 Å². The van der Waals surface area contributed by atoms with Crippen molar-refractivity contribution in [1.29, 1.82) is 0 Å². The maximum atomic E-state index is 13.1. The van der Waals surface area contributed by atoms with E-state index in [9.17, 15) is 19.2 Å². The number of benzene rings is 1. The molecule has 2 aliphatic rings. The van der Waals surface area contributed by atoms with Crippen LogP contribution in [-0.4, -0.2) is 46.9 Å². The second kappa shape index (κ2) is 9.36. The molecule has 1 aromatic heterocycles. The second-order valence-corrected chi connectivity index (χ2v) is 9.61. The highest BCUT2D eigenvalue weighted by atomic mass is 16.5. The summed E-state index contributed by atoms with van der Waals surface area (Å²) in [5.74, 6) is -0.686. The predicted molar refractivity (Wildman–Crippen MR) is 126 cm³/mol. The van der Waals surface area contributed by atoms with Crippen LogP contribution in [0.25, 0.3) is 0 Å². The molecule has 0 radical (unpaired) electrons. The van der Waals surface area contributed by atoms with E-state index in [4.69, 9.17) is 9.47 Å². The number of ether oxygens (including phenoxy) is 2. The number of nitrogens with zero attached hydrogens (tertiary/aromatic N) is 2. The van der Waals surface area contributed by atoms with Crippen LogP contribution < -0.4 is 15.4 Å². The van der Waals surface area contributed by atoms with Crippen molar-refractivity contribution in [3.63, 3.8) is 0 Å². The van der Waals surface area contributed by atoms with E-state index in [0.29, 0.717) is 28.1 Å². The standard InChI is InChI=1S/C25H28N4O6/c1-25(2,3)20-7-5-15(11-26-20)27-24(33)35-13-14-9-16-17(19(10-14)34-4)12-29(23(16)32)18-6-8-21(30)28-22(18)31/h5,7,9-11,18H,6,8,12-13H2,1-4H3,(H,27,33)(H,28,30,31). The van der Waals surface area contributed by atoms with Gasteiger partial charge >= 0.3 is 6.09 Å². The number of anilines is 1. The molecule has 0 saturated carbocycles. The van der Waals surface area contributed by atoms with E-state index >= 15 is 0 Å². The van der Waals surface area contributed by atoms with Crippen LogP contribution in [0.5, 0.6) is 5.75 Å². The molecule has 184 valence electrons. The Balaban J connectivity index is 1.43. The molecule has 3 heterocycles. The Hall–Kier alpha value is -3.95. The van der Waals surface area contributed by atoms with Crippen LogP contribution in [-0.2, 0) is 32.9 Å². The normalized spacial score (nSPS) is 17.7. The smallest absolute Gasteiger partial charge is 0.412 e. The summed E-state index contributed by atoms with van der Waals surface area (Å²) in [4.78, 5) is 55.0. The molecule has 1 aromatic carbocycles. The average Bonchev–Trinajstić information content (AvgIpc) is 3.13. The van der Waals surface area contributed by atoms with Gasteiger partial charge in [0.2, 0.25) is 11.8 Å². The zero-order chi connectivity index (χ0) is 25.3. The first kappa shape index (κ1) is 24.2. The monoisotopic (exact) mass is 480 g/mol. The van der Waals surface area contributed by atoms with Gasteiger partial charge in [-0.2, -0.15) is 0 Å².